The van der Waals surface area contributed by atoms with Crippen molar-refractivity contribution in [2.24, 2.45) is 0 Å². The molecule has 1 rings (SSSR count). The Bertz CT molecular complexity index is 425. The van der Waals surface area contributed by atoms with Gasteiger partial charge in [0.1, 0.15) is 0 Å². The fourth-order valence-electron chi connectivity index (χ4n) is 1.85. The number of hydrogen-bond donors (Lipinski definition) is 2. The van der Waals surface area contributed by atoms with Crippen molar-refractivity contribution in [1.82, 2.24) is 10.6 Å². The number of carbonyl (C=O) groups is 1. The van der Waals surface area contributed by atoms with Crippen molar-refractivity contribution in [2.45, 2.75) is 46.1 Å². The zero-order chi connectivity index (χ0) is 14.5. The summed E-state index contributed by atoms with van der Waals surface area (Å²) in [5.74, 6) is 0.0504. The summed E-state index contributed by atoms with van der Waals surface area (Å²) in [6.45, 7) is 11.5. The Morgan fingerprint density at radius 3 is 2.58 bits per heavy atom. The van der Waals surface area contributed by atoms with Crippen molar-refractivity contribution in [2.75, 3.05) is 13.1 Å². The van der Waals surface area contributed by atoms with Crippen LogP contribution in [0.15, 0.2) is 24.3 Å². The summed E-state index contributed by atoms with van der Waals surface area (Å²) >= 11 is 0. The van der Waals surface area contributed by atoms with Gasteiger partial charge in [-0.1, -0.05) is 57.5 Å². The second-order valence-corrected chi connectivity index (χ2v) is 6.07. The number of hydrogen-bond acceptors (Lipinski definition) is 2. The Hall–Kier alpha value is -1.35. The molecule has 2 N–H and O–H groups in total. The molecule has 0 radical (unpaired) electrons. The fraction of sp³-hybridized carbons (Fsp3) is 0.562. The molecule has 0 spiro atoms. The highest BCUT2D eigenvalue weighted by Gasteiger charge is 2.21. The normalized spacial score (nSPS) is 11.7. The smallest absolute Gasteiger partial charge is 0.233 e. The van der Waals surface area contributed by atoms with Gasteiger partial charge >= 0.3 is 0 Å². The van der Waals surface area contributed by atoms with Crippen LogP contribution in [0.1, 0.15) is 38.8 Å². The fourth-order valence-corrected chi connectivity index (χ4v) is 1.85. The summed E-state index contributed by atoms with van der Waals surface area (Å²) in [4.78, 5) is 11.7. The molecule has 1 aromatic rings. The molecule has 1 aromatic carbocycles. The Labute approximate surface area is 116 Å². The third-order valence-electron chi connectivity index (χ3n) is 3.20. The van der Waals surface area contributed by atoms with Crippen molar-refractivity contribution in [3.8, 4) is 0 Å². The lowest BCUT2D eigenvalue weighted by Gasteiger charge is -2.26. The lowest BCUT2D eigenvalue weighted by molar-refractivity contribution is -0.120. The van der Waals surface area contributed by atoms with Gasteiger partial charge in [-0.3, -0.25) is 4.79 Å². The third kappa shape index (κ3) is 5.43. The number of aryl methyl sites for hydroxylation is 1. The summed E-state index contributed by atoms with van der Waals surface area (Å²) < 4.78 is 0. The second kappa shape index (κ2) is 6.71. The number of carbonyl (C=O) groups excluding carboxylic acids is 1. The predicted molar refractivity (Wildman–Crippen MR) is 80.4 cm³/mol. The van der Waals surface area contributed by atoms with E-state index >= 15 is 0 Å². The van der Waals surface area contributed by atoms with E-state index in [9.17, 15) is 4.79 Å². The molecule has 0 aliphatic heterocycles. The maximum Gasteiger partial charge on any atom is 0.233 e. The van der Waals surface area contributed by atoms with Crippen LogP contribution in [0.25, 0.3) is 0 Å². The first-order valence-corrected chi connectivity index (χ1v) is 6.88. The van der Waals surface area contributed by atoms with Gasteiger partial charge in [-0.15, -0.1) is 0 Å². The van der Waals surface area contributed by atoms with Gasteiger partial charge in [0.25, 0.3) is 0 Å². The maximum atomic E-state index is 11.7. The quantitative estimate of drug-likeness (QED) is 0.826. The van der Waals surface area contributed by atoms with E-state index in [1.165, 1.54) is 11.1 Å². The van der Waals surface area contributed by atoms with Gasteiger partial charge in [0.15, 0.2) is 0 Å². The second-order valence-electron chi connectivity index (χ2n) is 6.07. The van der Waals surface area contributed by atoms with Gasteiger partial charge in [-0.2, -0.15) is 0 Å². The van der Waals surface area contributed by atoms with E-state index in [-0.39, 0.29) is 11.3 Å². The van der Waals surface area contributed by atoms with Gasteiger partial charge in [0.05, 0.1) is 6.54 Å². The van der Waals surface area contributed by atoms with E-state index < -0.39 is 0 Å². The largest absolute Gasteiger partial charge is 0.354 e. The zero-order valence-corrected chi connectivity index (χ0v) is 12.7. The van der Waals surface area contributed by atoms with Crippen LogP contribution in [0.5, 0.6) is 0 Å². The van der Waals surface area contributed by atoms with Gasteiger partial charge in [-0.25, -0.2) is 0 Å². The number of benzene rings is 1. The molecule has 0 saturated carbocycles. The molecule has 0 atom stereocenters. The van der Waals surface area contributed by atoms with Crippen LogP contribution in [-0.4, -0.2) is 25.0 Å². The van der Waals surface area contributed by atoms with Crippen LogP contribution >= 0.6 is 0 Å². The molecule has 106 valence electrons. The Morgan fingerprint density at radius 1 is 1.32 bits per heavy atom. The lowest BCUT2D eigenvalue weighted by atomic mass is 9.84. The standard InChI is InChI=1S/C16H26N2O/c1-12(2)17-10-15(19)18-11-16(4,5)14-8-6-7-13(3)9-14/h6-9,12,17H,10-11H2,1-5H3,(H,18,19). The first-order chi connectivity index (χ1) is 8.81. The van der Waals surface area contributed by atoms with E-state index in [1.807, 2.05) is 13.8 Å². The first kappa shape index (κ1) is 15.7. The molecular formula is C16H26N2O. The number of nitrogens with one attached hydrogen (secondary N) is 2. The minimum atomic E-state index is -0.0560. The van der Waals surface area contributed by atoms with Crippen molar-refractivity contribution < 1.29 is 4.79 Å². The van der Waals surface area contributed by atoms with Crippen molar-refractivity contribution in [3.05, 3.63) is 35.4 Å². The van der Waals surface area contributed by atoms with E-state index in [4.69, 9.17) is 0 Å². The summed E-state index contributed by atoms with van der Waals surface area (Å²) in [7, 11) is 0. The highest BCUT2D eigenvalue weighted by Crippen LogP contribution is 2.22. The molecule has 0 unspecified atom stereocenters. The van der Waals surface area contributed by atoms with E-state index in [2.05, 4.69) is 55.7 Å². The van der Waals surface area contributed by atoms with Crippen LogP contribution in [0, 0.1) is 6.92 Å². The van der Waals surface area contributed by atoms with Crippen LogP contribution in [-0.2, 0) is 10.2 Å². The topological polar surface area (TPSA) is 41.1 Å². The summed E-state index contributed by atoms with van der Waals surface area (Å²) in [5.41, 5.74) is 2.45. The average molecular weight is 262 g/mol. The highest BCUT2D eigenvalue weighted by molar-refractivity contribution is 5.78. The van der Waals surface area contributed by atoms with Gasteiger partial charge in [0.2, 0.25) is 5.91 Å². The molecule has 0 heterocycles. The maximum absolute atomic E-state index is 11.7. The van der Waals surface area contributed by atoms with Crippen LogP contribution in [0.2, 0.25) is 0 Å². The Kier molecular flexibility index (Phi) is 5.55. The van der Waals surface area contributed by atoms with Gasteiger partial charge < -0.3 is 10.6 Å². The van der Waals surface area contributed by atoms with Gasteiger partial charge in [0, 0.05) is 18.0 Å². The minimum absolute atomic E-state index is 0.0504. The van der Waals surface area contributed by atoms with E-state index in [0.29, 0.717) is 19.1 Å². The average Bonchev–Trinajstić information content (AvgIpc) is 2.34. The molecule has 0 aliphatic rings. The minimum Gasteiger partial charge on any atom is -0.354 e. The monoisotopic (exact) mass is 262 g/mol. The summed E-state index contributed by atoms with van der Waals surface area (Å²) in [6.07, 6.45) is 0. The molecule has 1 amide bonds. The predicted octanol–water partition coefficient (Wildman–Crippen LogP) is 2.39. The van der Waals surface area contributed by atoms with Crippen LogP contribution in [0.4, 0.5) is 0 Å². The van der Waals surface area contributed by atoms with Crippen molar-refractivity contribution in [3.63, 3.8) is 0 Å². The molecule has 3 nitrogen and oxygen atoms in total. The molecule has 0 aliphatic carbocycles. The molecule has 0 saturated heterocycles. The first-order valence-electron chi connectivity index (χ1n) is 6.88. The molecule has 0 aromatic heterocycles. The molecule has 19 heavy (non-hydrogen) atoms. The Balaban J connectivity index is 2.53. The Morgan fingerprint density at radius 2 is 2.00 bits per heavy atom. The highest BCUT2D eigenvalue weighted by atomic mass is 16.1. The van der Waals surface area contributed by atoms with E-state index in [1.54, 1.807) is 0 Å². The summed E-state index contributed by atoms with van der Waals surface area (Å²) in [6, 6.07) is 8.78. The van der Waals surface area contributed by atoms with Gasteiger partial charge in [-0.05, 0) is 12.5 Å². The van der Waals surface area contributed by atoms with E-state index in [0.717, 1.165) is 0 Å². The molecule has 0 fully saturated rings. The summed E-state index contributed by atoms with van der Waals surface area (Å²) in [5, 5.41) is 6.11. The zero-order valence-electron chi connectivity index (χ0n) is 12.7. The SMILES string of the molecule is Cc1cccc(C(C)(C)CNC(=O)CNC(C)C)c1. The van der Waals surface area contributed by atoms with Crippen molar-refractivity contribution in [1.29, 1.82) is 0 Å². The van der Waals surface area contributed by atoms with Crippen molar-refractivity contribution >= 4 is 5.91 Å². The molecule has 3 heteroatoms. The third-order valence-corrected chi connectivity index (χ3v) is 3.20. The lowest BCUT2D eigenvalue weighted by Crippen LogP contribution is -2.42. The molecule has 0 bridgehead atoms. The van der Waals surface area contributed by atoms with Crippen LogP contribution in [0.3, 0.4) is 0 Å². The number of amides is 1. The number of rotatable bonds is 6. The van der Waals surface area contributed by atoms with Crippen LogP contribution < -0.4 is 10.6 Å². The molecular weight excluding hydrogens is 236 g/mol.